The highest BCUT2D eigenvalue weighted by molar-refractivity contribution is 6.25. The molecule has 0 saturated carbocycles. The Bertz CT molecular complexity index is 3620. The molecule has 12 aromatic rings. The Hall–Kier alpha value is -7.62. The van der Waals surface area contributed by atoms with Gasteiger partial charge in [-0.1, -0.05) is 159 Å². The van der Waals surface area contributed by atoms with Crippen molar-refractivity contribution in [2.45, 2.75) is 19.3 Å². The molecule has 60 heavy (non-hydrogen) atoms. The molecule has 282 valence electrons. The second-order valence-electron chi connectivity index (χ2n) is 16.9. The molecule has 1 aliphatic rings. The summed E-state index contributed by atoms with van der Waals surface area (Å²) in [7, 11) is 0. The minimum Gasteiger partial charge on any atom is -0.310 e. The fraction of sp³-hybridized carbons (Fsp3) is 0.0526. The van der Waals surface area contributed by atoms with E-state index in [4.69, 9.17) is 0 Å². The van der Waals surface area contributed by atoms with Crippen LogP contribution in [0.5, 0.6) is 0 Å². The largest absolute Gasteiger partial charge is 0.310 e. The van der Waals surface area contributed by atoms with E-state index in [2.05, 4.69) is 228 Å². The van der Waals surface area contributed by atoms with Crippen LogP contribution in [-0.4, -0.2) is 8.80 Å². The summed E-state index contributed by atoms with van der Waals surface area (Å²) in [6, 6.07) is 74.2. The minimum atomic E-state index is -0.148. The molecule has 0 spiro atoms. The average Bonchev–Trinajstić information content (AvgIpc) is 3.91. The molecule has 0 bridgehead atoms. The third-order valence-corrected chi connectivity index (χ3v) is 13.4. The minimum absolute atomic E-state index is 0.148. The first-order valence-electron chi connectivity index (χ1n) is 20.9. The molecule has 3 heterocycles. The van der Waals surface area contributed by atoms with Crippen molar-refractivity contribution in [2.24, 2.45) is 0 Å². The van der Waals surface area contributed by atoms with Gasteiger partial charge in [-0.25, -0.2) is 0 Å². The van der Waals surface area contributed by atoms with Crippen molar-refractivity contribution in [3.63, 3.8) is 0 Å². The maximum Gasteiger partial charge on any atom is 0.0789 e. The zero-order chi connectivity index (χ0) is 39.7. The average molecular weight is 766 g/mol. The highest BCUT2D eigenvalue weighted by Crippen LogP contribution is 2.55. The molecule has 0 N–H and O–H groups in total. The van der Waals surface area contributed by atoms with E-state index in [-0.39, 0.29) is 5.41 Å². The lowest BCUT2D eigenvalue weighted by Crippen LogP contribution is -2.16. The Labute approximate surface area is 348 Å². The molecule has 3 nitrogen and oxygen atoms in total. The van der Waals surface area contributed by atoms with E-state index < -0.39 is 0 Å². The molecule has 3 heteroatoms. The van der Waals surface area contributed by atoms with Crippen LogP contribution >= 0.6 is 0 Å². The lowest BCUT2D eigenvalue weighted by Gasteiger charge is -2.30. The second kappa shape index (κ2) is 12.2. The first-order chi connectivity index (χ1) is 29.5. The highest BCUT2D eigenvalue weighted by atomic mass is 15.1. The van der Waals surface area contributed by atoms with Crippen LogP contribution in [0, 0.1) is 0 Å². The molecule has 9 aromatic carbocycles. The van der Waals surface area contributed by atoms with Crippen LogP contribution in [0.2, 0.25) is 0 Å². The van der Waals surface area contributed by atoms with Crippen molar-refractivity contribution >= 4 is 71.7 Å². The summed E-state index contributed by atoms with van der Waals surface area (Å²) in [4.78, 5) is 2.53. The fourth-order valence-electron chi connectivity index (χ4n) is 10.7. The second-order valence-corrected chi connectivity index (χ2v) is 16.9. The number of hydrogen-bond donors (Lipinski definition) is 0. The van der Waals surface area contributed by atoms with Gasteiger partial charge in [-0.2, -0.15) is 0 Å². The van der Waals surface area contributed by atoms with Crippen LogP contribution in [0.25, 0.3) is 88.0 Å². The van der Waals surface area contributed by atoms with Gasteiger partial charge in [-0.3, -0.25) is 0 Å². The Kier molecular flexibility index (Phi) is 6.78. The highest BCUT2D eigenvalue weighted by Gasteiger charge is 2.38. The van der Waals surface area contributed by atoms with Crippen LogP contribution < -0.4 is 4.90 Å². The van der Waals surface area contributed by atoms with Gasteiger partial charge in [0, 0.05) is 43.9 Å². The molecule has 0 fully saturated rings. The van der Waals surface area contributed by atoms with E-state index in [1.165, 1.54) is 105 Å². The summed E-state index contributed by atoms with van der Waals surface area (Å²) in [5.41, 5.74) is 20.6. The summed E-state index contributed by atoms with van der Waals surface area (Å²) in [6.07, 6.45) is 0. The maximum absolute atomic E-state index is 2.53. The molecule has 0 radical (unpaired) electrons. The van der Waals surface area contributed by atoms with Crippen molar-refractivity contribution in [1.82, 2.24) is 8.80 Å². The quantitative estimate of drug-likeness (QED) is 0.159. The van der Waals surface area contributed by atoms with Crippen molar-refractivity contribution in [2.75, 3.05) is 4.90 Å². The molecule has 0 unspecified atom stereocenters. The van der Waals surface area contributed by atoms with E-state index in [0.29, 0.717) is 0 Å². The molecule has 0 atom stereocenters. The molecular weight excluding hydrogens is 727 g/mol. The van der Waals surface area contributed by atoms with Gasteiger partial charge in [-0.05, 0) is 93.5 Å². The smallest absolute Gasteiger partial charge is 0.0789 e. The van der Waals surface area contributed by atoms with Crippen molar-refractivity contribution in [1.29, 1.82) is 0 Å². The van der Waals surface area contributed by atoms with Crippen molar-refractivity contribution < 1.29 is 0 Å². The first kappa shape index (κ1) is 33.4. The molecule has 0 aliphatic heterocycles. The van der Waals surface area contributed by atoms with Gasteiger partial charge in [0.2, 0.25) is 0 Å². The zero-order valence-electron chi connectivity index (χ0n) is 33.4. The molecule has 0 amide bonds. The van der Waals surface area contributed by atoms with Crippen molar-refractivity contribution in [3.8, 4) is 33.4 Å². The van der Waals surface area contributed by atoms with Gasteiger partial charge in [0.1, 0.15) is 0 Å². The number of rotatable bonds is 5. The molecule has 13 rings (SSSR count). The predicted octanol–water partition coefficient (Wildman–Crippen LogP) is 15.4. The normalized spacial score (nSPS) is 13.3. The number of fused-ring (bicyclic) bond motifs is 12. The number of para-hydroxylation sites is 2. The number of hydrogen-bond acceptors (Lipinski definition) is 1. The Balaban J connectivity index is 1.18. The number of aromatic nitrogens is 2. The van der Waals surface area contributed by atoms with Crippen LogP contribution in [0.3, 0.4) is 0 Å². The Morgan fingerprint density at radius 1 is 0.367 bits per heavy atom. The standard InChI is InChI=1S/C57H39N3/c1-57(2)47-23-12-9-22-46(47)54-48(57)24-15-27-52(54)58(41-33-38(36-16-5-3-6-17-36)32-39(34-41)37-18-7-4-8-19-37)40-28-31-51-53(35-40)60-50-26-14-11-21-43(50)45-30-29-44-42-20-10-13-25-49(42)59(51)55(44)56(45)60/h3-35H,1-2H3. The third kappa shape index (κ3) is 4.49. The lowest BCUT2D eigenvalue weighted by atomic mass is 9.82. The number of benzene rings is 9. The van der Waals surface area contributed by atoms with E-state index in [0.717, 1.165) is 11.4 Å². The summed E-state index contributed by atoms with van der Waals surface area (Å²) in [5, 5.41) is 5.10. The van der Waals surface area contributed by atoms with E-state index in [9.17, 15) is 0 Å². The summed E-state index contributed by atoms with van der Waals surface area (Å²) < 4.78 is 5.05. The summed E-state index contributed by atoms with van der Waals surface area (Å²) in [6.45, 7) is 4.74. The molecular formula is C57H39N3. The topological polar surface area (TPSA) is 12.1 Å². The van der Waals surface area contributed by atoms with Gasteiger partial charge >= 0.3 is 0 Å². The SMILES string of the molecule is CC1(C)c2ccccc2-c2c(N(c3cc(-c4ccccc4)cc(-c4ccccc4)c3)c3ccc4c(c3)n3c5ccccc5c5ccc6c7ccccc7n4c6c53)cccc21. The lowest BCUT2D eigenvalue weighted by molar-refractivity contribution is 0.660. The monoisotopic (exact) mass is 765 g/mol. The van der Waals surface area contributed by atoms with E-state index in [1.807, 2.05) is 0 Å². The Morgan fingerprint density at radius 2 is 0.917 bits per heavy atom. The fourth-order valence-corrected chi connectivity index (χ4v) is 10.7. The van der Waals surface area contributed by atoms with Crippen LogP contribution in [0.1, 0.15) is 25.0 Å². The van der Waals surface area contributed by atoms with Gasteiger partial charge in [-0.15, -0.1) is 0 Å². The maximum atomic E-state index is 2.53. The van der Waals surface area contributed by atoms with Gasteiger partial charge in [0.15, 0.2) is 0 Å². The number of anilines is 3. The van der Waals surface area contributed by atoms with Crippen molar-refractivity contribution in [3.05, 3.63) is 211 Å². The molecule has 0 saturated heterocycles. The van der Waals surface area contributed by atoms with Gasteiger partial charge in [0.25, 0.3) is 0 Å². The van der Waals surface area contributed by atoms with E-state index >= 15 is 0 Å². The molecule has 1 aliphatic carbocycles. The Morgan fingerprint density at radius 3 is 1.57 bits per heavy atom. The molecule has 3 aromatic heterocycles. The number of nitrogens with zero attached hydrogens (tertiary/aromatic N) is 3. The summed E-state index contributed by atoms with van der Waals surface area (Å²) >= 11 is 0. The predicted molar refractivity (Wildman–Crippen MR) is 253 cm³/mol. The van der Waals surface area contributed by atoms with E-state index in [1.54, 1.807) is 0 Å². The van der Waals surface area contributed by atoms with Gasteiger partial charge in [0.05, 0.1) is 38.8 Å². The van der Waals surface area contributed by atoms with Crippen LogP contribution in [0.15, 0.2) is 200 Å². The summed E-state index contributed by atoms with van der Waals surface area (Å²) in [5.74, 6) is 0. The first-order valence-corrected chi connectivity index (χ1v) is 20.9. The zero-order valence-corrected chi connectivity index (χ0v) is 33.4. The van der Waals surface area contributed by atoms with Gasteiger partial charge < -0.3 is 13.7 Å². The van der Waals surface area contributed by atoms with Crippen LogP contribution in [0.4, 0.5) is 17.1 Å². The third-order valence-electron chi connectivity index (χ3n) is 13.4. The van der Waals surface area contributed by atoms with Crippen LogP contribution in [-0.2, 0) is 5.41 Å².